The molecule has 0 spiro atoms. The van der Waals surface area contributed by atoms with E-state index in [-0.39, 0.29) is 6.10 Å². The van der Waals surface area contributed by atoms with Crippen molar-refractivity contribution in [3.05, 3.63) is 47.8 Å². The zero-order valence-corrected chi connectivity index (χ0v) is 11.8. The van der Waals surface area contributed by atoms with E-state index >= 15 is 0 Å². The standard InChI is InChI=1S/C15H21N3O/c1-12(2)19-15-7-5-4-6-14(15)10-16-8-13-9-17-18(3)11-13/h4-7,9,11-12,16H,8,10H2,1-3H3. The molecular formula is C15H21N3O. The van der Waals surface area contributed by atoms with Gasteiger partial charge in [0, 0.05) is 37.5 Å². The van der Waals surface area contributed by atoms with Gasteiger partial charge in [0.25, 0.3) is 0 Å². The molecule has 0 aliphatic rings. The van der Waals surface area contributed by atoms with Gasteiger partial charge < -0.3 is 10.1 Å². The smallest absolute Gasteiger partial charge is 0.124 e. The number of para-hydroxylation sites is 1. The first-order valence-electron chi connectivity index (χ1n) is 6.58. The maximum absolute atomic E-state index is 5.80. The summed E-state index contributed by atoms with van der Waals surface area (Å²) in [4.78, 5) is 0. The van der Waals surface area contributed by atoms with Crippen molar-refractivity contribution in [2.75, 3.05) is 0 Å². The summed E-state index contributed by atoms with van der Waals surface area (Å²) in [5.74, 6) is 0.955. The lowest BCUT2D eigenvalue weighted by atomic mass is 10.2. The predicted octanol–water partition coefficient (Wildman–Crippen LogP) is 2.50. The fourth-order valence-electron chi connectivity index (χ4n) is 1.92. The van der Waals surface area contributed by atoms with E-state index in [1.807, 2.05) is 56.2 Å². The van der Waals surface area contributed by atoms with E-state index in [1.54, 1.807) is 0 Å². The van der Waals surface area contributed by atoms with Gasteiger partial charge in [-0.2, -0.15) is 5.10 Å². The van der Waals surface area contributed by atoms with Crippen molar-refractivity contribution in [2.24, 2.45) is 7.05 Å². The Morgan fingerprint density at radius 2 is 2.05 bits per heavy atom. The van der Waals surface area contributed by atoms with Crippen LogP contribution >= 0.6 is 0 Å². The summed E-state index contributed by atoms with van der Waals surface area (Å²) >= 11 is 0. The number of rotatable bonds is 6. The average molecular weight is 259 g/mol. The molecule has 19 heavy (non-hydrogen) atoms. The Kier molecular flexibility index (Phi) is 4.58. The Labute approximate surface area is 114 Å². The van der Waals surface area contributed by atoms with Gasteiger partial charge in [-0.15, -0.1) is 0 Å². The van der Waals surface area contributed by atoms with Gasteiger partial charge in [0.05, 0.1) is 12.3 Å². The van der Waals surface area contributed by atoms with Crippen LogP contribution < -0.4 is 10.1 Å². The summed E-state index contributed by atoms with van der Waals surface area (Å²) in [7, 11) is 1.93. The molecule has 0 amide bonds. The fraction of sp³-hybridized carbons (Fsp3) is 0.400. The number of aromatic nitrogens is 2. The Balaban J connectivity index is 1.92. The summed E-state index contributed by atoms with van der Waals surface area (Å²) in [5.41, 5.74) is 2.37. The molecule has 0 radical (unpaired) electrons. The van der Waals surface area contributed by atoms with Crippen molar-refractivity contribution in [1.29, 1.82) is 0 Å². The van der Waals surface area contributed by atoms with Crippen LogP contribution in [0.4, 0.5) is 0 Å². The number of nitrogens with zero attached hydrogens (tertiary/aromatic N) is 2. The first-order valence-corrected chi connectivity index (χ1v) is 6.58. The molecule has 2 rings (SSSR count). The van der Waals surface area contributed by atoms with Gasteiger partial charge in [0.2, 0.25) is 0 Å². The average Bonchev–Trinajstić information content (AvgIpc) is 2.77. The van der Waals surface area contributed by atoms with E-state index < -0.39 is 0 Å². The number of nitrogens with one attached hydrogen (secondary N) is 1. The fourth-order valence-corrected chi connectivity index (χ4v) is 1.92. The monoisotopic (exact) mass is 259 g/mol. The van der Waals surface area contributed by atoms with Crippen molar-refractivity contribution in [1.82, 2.24) is 15.1 Å². The highest BCUT2D eigenvalue weighted by Crippen LogP contribution is 2.19. The number of hydrogen-bond acceptors (Lipinski definition) is 3. The Bertz CT molecular complexity index is 520. The molecule has 1 N–H and O–H groups in total. The van der Waals surface area contributed by atoms with Crippen molar-refractivity contribution >= 4 is 0 Å². The van der Waals surface area contributed by atoms with Crippen LogP contribution in [-0.4, -0.2) is 15.9 Å². The molecule has 0 bridgehead atoms. The van der Waals surface area contributed by atoms with Crippen molar-refractivity contribution in [2.45, 2.75) is 33.0 Å². The molecule has 0 aliphatic carbocycles. The lowest BCUT2D eigenvalue weighted by molar-refractivity contribution is 0.239. The zero-order chi connectivity index (χ0) is 13.7. The van der Waals surface area contributed by atoms with Gasteiger partial charge in [-0.1, -0.05) is 18.2 Å². The van der Waals surface area contributed by atoms with E-state index in [1.165, 1.54) is 11.1 Å². The van der Waals surface area contributed by atoms with E-state index in [4.69, 9.17) is 4.74 Å². The van der Waals surface area contributed by atoms with Crippen LogP contribution in [0.25, 0.3) is 0 Å². The van der Waals surface area contributed by atoms with E-state index in [0.717, 1.165) is 18.8 Å². The molecular weight excluding hydrogens is 238 g/mol. The second-order valence-electron chi connectivity index (χ2n) is 4.90. The Morgan fingerprint density at radius 3 is 2.74 bits per heavy atom. The normalized spacial score (nSPS) is 10.9. The molecule has 102 valence electrons. The van der Waals surface area contributed by atoms with Crippen LogP contribution in [0.15, 0.2) is 36.7 Å². The summed E-state index contributed by atoms with van der Waals surface area (Å²) in [6, 6.07) is 8.14. The number of ether oxygens (including phenoxy) is 1. The summed E-state index contributed by atoms with van der Waals surface area (Å²) in [5, 5.41) is 7.56. The lowest BCUT2D eigenvalue weighted by Crippen LogP contribution is -2.14. The van der Waals surface area contributed by atoms with Crippen molar-refractivity contribution in [3.63, 3.8) is 0 Å². The summed E-state index contributed by atoms with van der Waals surface area (Å²) < 4.78 is 7.61. The molecule has 4 heteroatoms. The quantitative estimate of drug-likeness (QED) is 0.866. The second-order valence-corrected chi connectivity index (χ2v) is 4.90. The zero-order valence-electron chi connectivity index (χ0n) is 11.8. The Hall–Kier alpha value is -1.81. The lowest BCUT2D eigenvalue weighted by Gasteiger charge is -2.14. The molecule has 0 fully saturated rings. The highest BCUT2D eigenvalue weighted by atomic mass is 16.5. The minimum absolute atomic E-state index is 0.194. The molecule has 1 aromatic heterocycles. The van der Waals surface area contributed by atoms with Crippen LogP contribution in [0.2, 0.25) is 0 Å². The number of benzene rings is 1. The molecule has 0 saturated heterocycles. The largest absolute Gasteiger partial charge is 0.491 e. The summed E-state index contributed by atoms with van der Waals surface area (Å²) in [6.45, 7) is 5.68. The molecule has 0 atom stereocenters. The number of hydrogen-bond donors (Lipinski definition) is 1. The maximum Gasteiger partial charge on any atom is 0.124 e. The molecule has 1 heterocycles. The topological polar surface area (TPSA) is 39.1 Å². The van der Waals surface area contributed by atoms with Gasteiger partial charge in [-0.25, -0.2) is 0 Å². The third kappa shape index (κ3) is 4.10. The van der Waals surface area contributed by atoms with Gasteiger partial charge in [-0.05, 0) is 19.9 Å². The molecule has 0 unspecified atom stereocenters. The van der Waals surface area contributed by atoms with Crippen LogP contribution in [0.3, 0.4) is 0 Å². The minimum Gasteiger partial charge on any atom is -0.491 e. The van der Waals surface area contributed by atoms with Crippen LogP contribution in [0, 0.1) is 0 Å². The second kappa shape index (κ2) is 6.38. The molecule has 0 aliphatic heterocycles. The predicted molar refractivity (Wildman–Crippen MR) is 76.0 cm³/mol. The highest BCUT2D eigenvalue weighted by molar-refractivity contribution is 5.33. The van der Waals surface area contributed by atoms with Crippen LogP contribution in [0.1, 0.15) is 25.0 Å². The van der Waals surface area contributed by atoms with Crippen LogP contribution in [-0.2, 0) is 20.1 Å². The van der Waals surface area contributed by atoms with Crippen LogP contribution in [0.5, 0.6) is 5.75 Å². The van der Waals surface area contributed by atoms with Gasteiger partial charge in [-0.3, -0.25) is 4.68 Å². The minimum atomic E-state index is 0.194. The molecule has 1 aromatic carbocycles. The summed E-state index contributed by atoms with van der Waals surface area (Å²) in [6.07, 6.45) is 4.09. The van der Waals surface area contributed by atoms with Gasteiger partial charge in [0.1, 0.15) is 5.75 Å². The van der Waals surface area contributed by atoms with E-state index in [2.05, 4.69) is 16.5 Å². The van der Waals surface area contributed by atoms with Gasteiger partial charge in [0.15, 0.2) is 0 Å². The van der Waals surface area contributed by atoms with E-state index in [0.29, 0.717) is 0 Å². The van der Waals surface area contributed by atoms with E-state index in [9.17, 15) is 0 Å². The van der Waals surface area contributed by atoms with Gasteiger partial charge >= 0.3 is 0 Å². The molecule has 4 nitrogen and oxygen atoms in total. The molecule has 2 aromatic rings. The Morgan fingerprint density at radius 1 is 1.26 bits per heavy atom. The highest BCUT2D eigenvalue weighted by Gasteiger charge is 2.04. The number of aryl methyl sites for hydroxylation is 1. The van der Waals surface area contributed by atoms with Crippen molar-refractivity contribution < 1.29 is 4.74 Å². The first kappa shape index (κ1) is 13.6. The van der Waals surface area contributed by atoms with Crippen molar-refractivity contribution in [3.8, 4) is 5.75 Å². The third-order valence-corrected chi connectivity index (χ3v) is 2.74. The first-order chi connectivity index (χ1) is 9.15. The SMILES string of the molecule is CC(C)Oc1ccccc1CNCc1cnn(C)c1. The maximum atomic E-state index is 5.80. The third-order valence-electron chi connectivity index (χ3n) is 2.74. The molecule has 0 saturated carbocycles.